The lowest BCUT2D eigenvalue weighted by atomic mass is 10.0. The topological polar surface area (TPSA) is 52.3 Å². The largest absolute Gasteiger partial charge is 0.466 e. The Morgan fingerprint density at radius 1 is 1.54 bits per heavy atom. The van der Waals surface area contributed by atoms with Gasteiger partial charge < -0.3 is 10.5 Å². The van der Waals surface area contributed by atoms with Crippen molar-refractivity contribution in [2.24, 2.45) is 11.7 Å². The van der Waals surface area contributed by atoms with E-state index < -0.39 is 0 Å². The molecule has 0 fully saturated rings. The molecule has 0 aliphatic heterocycles. The van der Waals surface area contributed by atoms with Gasteiger partial charge in [-0.25, -0.2) is 0 Å². The summed E-state index contributed by atoms with van der Waals surface area (Å²) >= 11 is 0. The van der Waals surface area contributed by atoms with Crippen LogP contribution in [-0.2, 0) is 9.53 Å². The van der Waals surface area contributed by atoms with Gasteiger partial charge in [0.25, 0.3) is 0 Å². The Morgan fingerprint density at radius 3 is 2.54 bits per heavy atom. The maximum absolute atomic E-state index is 11.1. The fourth-order valence-corrected chi connectivity index (χ4v) is 1.12. The summed E-state index contributed by atoms with van der Waals surface area (Å²) in [5.41, 5.74) is 6.35. The molecule has 0 amide bonds. The van der Waals surface area contributed by atoms with E-state index in [0.29, 0.717) is 18.9 Å². The first-order valence-electron chi connectivity index (χ1n) is 4.65. The van der Waals surface area contributed by atoms with E-state index in [2.05, 4.69) is 13.8 Å². The van der Waals surface area contributed by atoms with Crippen LogP contribution < -0.4 is 5.73 Å². The van der Waals surface area contributed by atoms with E-state index in [1.54, 1.807) is 6.92 Å². The van der Waals surface area contributed by atoms with Gasteiger partial charge in [-0.05, 0) is 31.0 Å². The number of esters is 1. The minimum absolute atomic E-state index is 0.195. The number of hydrogen-bond donors (Lipinski definition) is 1. The van der Waals surface area contributed by atoms with E-state index >= 15 is 0 Å². The van der Waals surface area contributed by atoms with Gasteiger partial charge in [-0.3, -0.25) is 4.79 Å². The second-order valence-corrected chi connectivity index (χ2v) is 3.40. The molecule has 76 valence electrons. The maximum atomic E-state index is 11.1. The second kappa shape index (κ2) is 6.52. The smallest absolute Gasteiger partial charge is 0.309 e. The molecule has 0 aromatic rings. The predicted molar refractivity (Wildman–Crippen MR) is 53.0 cm³/mol. The zero-order valence-electron chi connectivity index (χ0n) is 8.67. The molecule has 0 radical (unpaired) electrons. The average Bonchev–Trinajstić information content (AvgIpc) is 2.02. The molecule has 0 bridgehead atoms. The third-order valence-electron chi connectivity index (χ3n) is 1.58. The van der Waals surface area contributed by atoms with Gasteiger partial charge in [-0.2, -0.15) is 0 Å². The third kappa shape index (κ3) is 6.20. The van der Waals surface area contributed by atoms with Crippen LogP contribution >= 0.6 is 0 Å². The molecule has 0 aromatic heterocycles. The SMILES string of the molecule is CCOC(=O)CC(=CN)CC(C)C. The first kappa shape index (κ1) is 12.0. The van der Waals surface area contributed by atoms with E-state index in [0.717, 1.165) is 12.0 Å². The van der Waals surface area contributed by atoms with Crippen molar-refractivity contribution in [2.75, 3.05) is 6.61 Å². The number of rotatable bonds is 5. The van der Waals surface area contributed by atoms with Crippen LogP contribution in [0.25, 0.3) is 0 Å². The van der Waals surface area contributed by atoms with Gasteiger partial charge in [-0.1, -0.05) is 13.8 Å². The highest BCUT2D eigenvalue weighted by atomic mass is 16.5. The van der Waals surface area contributed by atoms with Crippen molar-refractivity contribution in [2.45, 2.75) is 33.6 Å². The van der Waals surface area contributed by atoms with Crippen molar-refractivity contribution in [3.8, 4) is 0 Å². The van der Waals surface area contributed by atoms with E-state index in [1.165, 1.54) is 6.20 Å². The van der Waals surface area contributed by atoms with Crippen molar-refractivity contribution in [1.82, 2.24) is 0 Å². The van der Waals surface area contributed by atoms with E-state index in [9.17, 15) is 4.79 Å². The maximum Gasteiger partial charge on any atom is 0.309 e. The van der Waals surface area contributed by atoms with Crippen LogP contribution in [0.4, 0.5) is 0 Å². The van der Waals surface area contributed by atoms with Crippen molar-refractivity contribution in [3.63, 3.8) is 0 Å². The molecule has 0 aromatic carbocycles. The molecule has 0 atom stereocenters. The number of hydrogen-bond acceptors (Lipinski definition) is 3. The first-order valence-corrected chi connectivity index (χ1v) is 4.65. The molecular formula is C10H19NO2. The summed E-state index contributed by atoms with van der Waals surface area (Å²) in [6, 6.07) is 0. The summed E-state index contributed by atoms with van der Waals surface area (Å²) in [5.74, 6) is 0.323. The van der Waals surface area contributed by atoms with E-state index in [4.69, 9.17) is 10.5 Å². The summed E-state index contributed by atoms with van der Waals surface area (Å²) < 4.78 is 4.82. The quantitative estimate of drug-likeness (QED) is 0.665. The van der Waals surface area contributed by atoms with Crippen LogP contribution in [0, 0.1) is 5.92 Å². The zero-order chi connectivity index (χ0) is 10.3. The third-order valence-corrected chi connectivity index (χ3v) is 1.58. The molecule has 0 saturated carbocycles. The molecular weight excluding hydrogens is 166 g/mol. The Hall–Kier alpha value is -0.990. The molecule has 0 aliphatic rings. The molecule has 3 nitrogen and oxygen atoms in total. The van der Waals surface area contributed by atoms with Gasteiger partial charge >= 0.3 is 5.97 Å². The van der Waals surface area contributed by atoms with E-state index in [-0.39, 0.29) is 5.97 Å². The van der Waals surface area contributed by atoms with Gasteiger partial charge in [0.15, 0.2) is 0 Å². The molecule has 13 heavy (non-hydrogen) atoms. The minimum atomic E-state index is -0.195. The molecule has 0 heterocycles. The van der Waals surface area contributed by atoms with Gasteiger partial charge in [-0.15, -0.1) is 0 Å². The monoisotopic (exact) mass is 185 g/mol. The fourth-order valence-electron chi connectivity index (χ4n) is 1.12. The van der Waals surface area contributed by atoms with Crippen molar-refractivity contribution in [3.05, 3.63) is 11.8 Å². The normalized spacial score (nSPS) is 11.8. The van der Waals surface area contributed by atoms with Crippen molar-refractivity contribution < 1.29 is 9.53 Å². The second-order valence-electron chi connectivity index (χ2n) is 3.40. The first-order chi connectivity index (χ1) is 6.10. The highest BCUT2D eigenvalue weighted by Gasteiger charge is 2.07. The molecule has 0 aliphatic carbocycles. The van der Waals surface area contributed by atoms with Crippen molar-refractivity contribution >= 4 is 5.97 Å². The fraction of sp³-hybridized carbons (Fsp3) is 0.700. The zero-order valence-corrected chi connectivity index (χ0v) is 8.67. The van der Waals surface area contributed by atoms with Crippen LogP contribution in [-0.4, -0.2) is 12.6 Å². The van der Waals surface area contributed by atoms with Gasteiger partial charge in [0.1, 0.15) is 0 Å². The lowest BCUT2D eigenvalue weighted by Crippen LogP contribution is -2.07. The lowest BCUT2D eigenvalue weighted by Gasteiger charge is -2.08. The van der Waals surface area contributed by atoms with Crippen LogP contribution in [0.3, 0.4) is 0 Å². The number of nitrogens with two attached hydrogens (primary N) is 1. The predicted octanol–water partition coefficient (Wildman–Crippen LogP) is 1.83. The highest BCUT2D eigenvalue weighted by molar-refractivity contribution is 5.72. The molecule has 0 rings (SSSR count). The number of ether oxygens (including phenoxy) is 1. The lowest BCUT2D eigenvalue weighted by molar-refractivity contribution is -0.142. The summed E-state index contributed by atoms with van der Waals surface area (Å²) in [7, 11) is 0. The Morgan fingerprint density at radius 2 is 2.15 bits per heavy atom. The van der Waals surface area contributed by atoms with Crippen molar-refractivity contribution in [1.29, 1.82) is 0 Å². The number of carbonyl (C=O) groups excluding carboxylic acids is 1. The number of carbonyl (C=O) groups is 1. The van der Waals surface area contributed by atoms with Crippen LogP contribution in [0.2, 0.25) is 0 Å². The summed E-state index contributed by atoms with van der Waals surface area (Å²) in [6.07, 6.45) is 2.69. The van der Waals surface area contributed by atoms with Crippen LogP contribution in [0.5, 0.6) is 0 Å². The standard InChI is InChI=1S/C10H19NO2/c1-4-13-10(12)6-9(7-11)5-8(2)3/h7-8H,4-6,11H2,1-3H3. The molecule has 0 saturated heterocycles. The Balaban J connectivity index is 3.92. The minimum Gasteiger partial charge on any atom is -0.466 e. The summed E-state index contributed by atoms with van der Waals surface area (Å²) in [4.78, 5) is 11.1. The Kier molecular flexibility index (Phi) is 6.02. The molecule has 3 heteroatoms. The molecule has 0 spiro atoms. The van der Waals surface area contributed by atoms with E-state index in [1.807, 2.05) is 0 Å². The Bertz CT molecular complexity index is 185. The molecule has 0 unspecified atom stereocenters. The summed E-state index contributed by atoms with van der Waals surface area (Å²) in [6.45, 7) is 6.41. The average molecular weight is 185 g/mol. The van der Waals surface area contributed by atoms with Crippen LogP contribution in [0.1, 0.15) is 33.6 Å². The Labute approximate surface area is 79.9 Å². The van der Waals surface area contributed by atoms with Gasteiger partial charge in [0, 0.05) is 0 Å². The highest BCUT2D eigenvalue weighted by Crippen LogP contribution is 2.13. The van der Waals surface area contributed by atoms with Gasteiger partial charge in [0.2, 0.25) is 0 Å². The molecule has 2 N–H and O–H groups in total. The van der Waals surface area contributed by atoms with Gasteiger partial charge in [0.05, 0.1) is 13.0 Å². The van der Waals surface area contributed by atoms with Crippen LogP contribution in [0.15, 0.2) is 11.8 Å². The summed E-state index contributed by atoms with van der Waals surface area (Å²) in [5, 5.41) is 0.